The predicted octanol–water partition coefficient (Wildman–Crippen LogP) is 5.80. The standard InChI is InChI=1S/C32H50N2O8S/c1-4-5-6-7-8-9-10-11-12-13-14-15-16-17-18-19-20-21-28(36)42-43-25-24-33-27(35)22-23-34-30(38)29(37)32(2,3)26-41-31(39)40/h5-6,8-9,11-12,14-15,17-18,29,37H,4,7,10,13,16,19-26H2,1-3H3,(H,33,35)(H,34,38)(H,39,40)/b6-5-,9-8-,12-11-,15-14-,18-17-/t29-/m0/s1. The Morgan fingerprint density at radius 3 is 1.93 bits per heavy atom. The molecule has 4 N–H and O–H groups in total. The molecule has 0 bridgehead atoms. The molecule has 0 fully saturated rings. The van der Waals surface area contributed by atoms with Crippen LogP contribution in [0, 0.1) is 5.41 Å². The van der Waals surface area contributed by atoms with Gasteiger partial charge in [0.2, 0.25) is 11.8 Å². The zero-order valence-corrected chi connectivity index (χ0v) is 26.6. The molecular weight excluding hydrogens is 572 g/mol. The maximum absolute atomic E-state index is 12.1. The van der Waals surface area contributed by atoms with E-state index in [2.05, 4.69) is 83.1 Å². The van der Waals surface area contributed by atoms with E-state index in [1.807, 2.05) is 0 Å². The number of hydrogen-bond acceptors (Lipinski definition) is 8. The lowest BCUT2D eigenvalue weighted by Gasteiger charge is -2.28. The highest BCUT2D eigenvalue weighted by Gasteiger charge is 2.35. The molecule has 242 valence electrons. The van der Waals surface area contributed by atoms with Crippen molar-refractivity contribution in [1.82, 2.24) is 10.6 Å². The average Bonchev–Trinajstić information content (AvgIpc) is 2.97. The van der Waals surface area contributed by atoms with Crippen LogP contribution in [0.1, 0.15) is 78.6 Å². The van der Waals surface area contributed by atoms with Gasteiger partial charge in [0.1, 0.15) is 12.7 Å². The fourth-order valence-corrected chi connectivity index (χ4v) is 3.76. The van der Waals surface area contributed by atoms with Gasteiger partial charge in [-0.25, -0.2) is 4.79 Å². The largest absolute Gasteiger partial charge is 0.505 e. The molecule has 0 spiro atoms. The molecule has 0 aliphatic heterocycles. The van der Waals surface area contributed by atoms with Crippen molar-refractivity contribution in [2.75, 3.05) is 25.4 Å². The van der Waals surface area contributed by atoms with Crippen LogP contribution in [0.3, 0.4) is 0 Å². The Kier molecular flexibility index (Phi) is 24.3. The molecule has 0 saturated heterocycles. The minimum atomic E-state index is -1.51. The summed E-state index contributed by atoms with van der Waals surface area (Å²) in [5.74, 6) is -0.959. The van der Waals surface area contributed by atoms with Crippen LogP contribution in [0.15, 0.2) is 60.8 Å². The maximum Gasteiger partial charge on any atom is 0.505 e. The second-order valence-electron chi connectivity index (χ2n) is 10.2. The molecule has 0 aromatic rings. The van der Waals surface area contributed by atoms with Gasteiger partial charge in [0.15, 0.2) is 0 Å². The molecule has 0 aliphatic carbocycles. The topological polar surface area (TPSA) is 151 Å². The van der Waals surface area contributed by atoms with E-state index in [0.29, 0.717) is 18.6 Å². The number of aliphatic hydroxyl groups is 1. The molecule has 2 amide bonds. The van der Waals surface area contributed by atoms with E-state index in [9.17, 15) is 24.3 Å². The van der Waals surface area contributed by atoms with Crippen LogP contribution in [-0.2, 0) is 23.3 Å². The maximum atomic E-state index is 12.1. The number of carboxylic acid groups (broad SMARTS) is 1. The van der Waals surface area contributed by atoms with E-state index in [4.69, 9.17) is 9.29 Å². The number of nitrogens with one attached hydrogen (secondary N) is 2. The van der Waals surface area contributed by atoms with Gasteiger partial charge in [-0.2, -0.15) is 0 Å². The molecule has 0 aromatic carbocycles. The third kappa shape index (κ3) is 24.9. The van der Waals surface area contributed by atoms with Crippen molar-refractivity contribution in [3.63, 3.8) is 0 Å². The van der Waals surface area contributed by atoms with Gasteiger partial charge in [-0.15, -0.1) is 0 Å². The number of hydrogen-bond donors (Lipinski definition) is 4. The molecule has 0 aliphatic rings. The normalized spacial score (nSPS) is 12.9. The van der Waals surface area contributed by atoms with Crippen LogP contribution in [0.2, 0.25) is 0 Å². The molecule has 0 rings (SSSR count). The van der Waals surface area contributed by atoms with Gasteiger partial charge in [0, 0.05) is 37.1 Å². The quantitative estimate of drug-likeness (QED) is 0.0453. The van der Waals surface area contributed by atoms with Crippen molar-refractivity contribution in [2.24, 2.45) is 5.41 Å². The Morgan fingerprint density at radius 1 is 0.814 bits per heavy atom. The van der Waals surface area contributed by atoms with Crippen LogP contribution in [0.5, 0.6) is 0 Å². The van der Waals surface area contributed by atoms with Crippen molar-refractivity contribution in [3.05, 3.63) is 60.8 Å². The number of amides is 2. The minimum absolute atomic E-state index is 0.00237. The van der Waals surface area contributed by atoms with E-state index < -0.39 is 23.6 Å². The minimum Gasteiger partial charge on any atom is -0.450 e. The smallest absolute Gasteiger partial charge is 0.450 e. The number of rotatable bonds is 24. The zero-order chi connectivity index (χ0) is 32.2. The monoisotopic (exact) mass is 622 g/mol. The van der Waals surface area contributed by atoms with Crippen molar-refractivity contribution < 1.29 is 38.3 Å². The summed E-state index contributed by atoms with van der Waals surface area (Å²) in [6.45, 7) is 5.04. The summed E-state index contributed by atoms with van der Waals surface area (Å²) in [5, 5.41) is 23.8. The highest BCUT2D eigenvalue weighted by atomic mass is 32.2. The summed E-state index contributed by atoms with van der Waals surface area (Å²) in [6.07, 6.45) is 25.1. The number of aliphatic hydroxyl groups excluding tert-OH is 1. The van der Waals surface area contributed by atoms with E-state index in [1.54, 1.807) is 0 Å². The van der Waals surface area contributed by atoms with Crippen LogP contribution >= 0.6 is 12.0 Å². The Bertz CT molecular complexity index is 957. The fourth-order valence-electron chi connectivity index (χ4n) is 3.28. The number of ether oxygens (including phenoxy) is 1. The molecule has 10 nitrogen and oxygen atoms in total. The van der Waals surface area contributed by atoms with E-state index in [0.717, 1.165) is 50.6 Å². The number of unbranched alkanes of at least 4 members (excludes halogenated alkanes) is 1. The van der Waals surface area contributed by atoms with Crippen LogP contribution in [0.25, 0.3) is 0 Å². The summed E-state index contributed by atoms with van der Waals surface area (Å²) in [7, 11) is 0. The van der Waals surface area contributed by atoms with Gasteiger partial charge in [-0.3, -0.25) is 14.4 Å². The van der Waals surface area contributed by atoms with Gasteiger partial charge in [0.25, 0.3) is 0 Å². The lowest BCUT2D eigenvalue weighted by molar-refractivity contribution is -0.137. The molecular formula is C32H50N2O8S. The molecule has 0 saturated carbocycles. The van der Waals surface area contributed by atoms with Crippen LogP contribution in [-0.4, -0.2) is 65.7 Å². The van der Waals surface area contributed by atoms with Gasteiger partial charge >= 0.3 is 12.1 Å². The second-order valence-corrected chi connectivity index (χ2v) is 11.0. The molecule has 0 aromatic heterocycles. The zero-order valence-electron chi connectivity index (χ0n) is 25.8. The SMILES string of the molecule is CC/C=C\C/C=C\C/C=C\C/C=C\C/C=C\CCCC(=O)OSCCNC(=O)CCNC(=O)[C@H](O)C(C)(C)COC(=O)O. The Morgan fingerprint density at radius 2 is 1.37 bits per heavy atom. The first kappa shape index (κ1) is 39.7. The molecule has 0 heterocycles. The second kappa shape index (κ2) is 26.3. The summed E-state index contributed by atoms with van der Waals surface area (Å²) in [6, 6.07) is 0. The van der Waals surface area contributed by atoms with Crippen molar-refractivity contribution in [1.29, 1.82) is 0 Å². The van der Waals surface area contributed by atoms with Crippen LogP contribution in [0.4, 0.5) is 4.79 Å². The lowest BCUT2D eigenvalue weighted by atomic mass is 9.87. The summed E-state index contributed by atoms with van der Waals surface area (Å²) < 4.78 is 9.54. The number of carbonyl (C=O) groups excluding carboxylic acids is 3. The van der Waals surface area contributed by atoms with E-state index >= 15 is 0 Å². The molecule has 0 unspecified atom stereocenters. The molecule has 43 heavy (non-hydrogen) atoms. The Labute approximate surface area is 260 Å². The lowest BCUT2D eigenvalue weighted by Crippen LogP contribution is -2.46. The summed E-state index contributed by atoms with van der Waals surface area (Å²) >= 11 is 0.975. The van der Waals surface area contributed by atoms with Gasteiger partial charge in [-0.1, -0.05) is 81.5 Å². The van der Waals surface area contributed by atoms with Gasteiger partial charge in [0.05, 0.1) is 12.0 Å². The summed E-state index contributed by atoms with van der Waals surface area (Å²) in [4.78, 5) is 46.3. The first-order valence-electron chi connectivity index (χ1n) is 14.8. The van der Waals surface area contributed by atoms with E-state index in [-0.39, 0.29) is 38.0 Å². The fraction of sp³-hybridized carbons (Fsp3) is 0.562. The van der Waals surface area contributed by atoms with Crippen molar-refractivity contribution in [3.8, 4) is 0 Å². The average molecular weight is 623 g/mol. The number of allylic oxidation sites excluding steroid dienone is 10. The Hall–Kier alpha value is -3.31. The number of carbonyl (C=O) groups is 4. The third-order valence-electron chi connectivity index (χ3n) is 5.78. The molecule has 1 atom stereocenters. The van der Waals surface area contributed by atoms with E-state index in [1.165, 1.54) is 13.8 Å². The highest BCUT2D eigenvalue weighted by Crippen LogP contribution is 2.21. The Balaban J connectivity index is 3.76. The van der Waals surface area contributed by atoms with Gasteiger partial charge in [-0.05, 0) is 44.9 Å². The van der Waals surface area contributed by atoms with Crippen molar-refractivity contribution >= 4 is 36.0 Å². The van der Waals surface area contributed by atoms with Gasteiger partial charge < -0.3 is 29.8 Å². The van der Waals surface area contributed by atoms with Crippen LogP contribution < -0.4 is 10.6 Å². The predicted molar refractivity (Wildman–Crippen MR) is 171 cm³/mol. The van der Waals surface area contributed by atoms with Crippen molar-refractivity contribution in [2.45, 2.75) is 84.7 Å². The molecule has 11 heteroatoms. The molecule has 0 radical (unpaired) electrons. The first-order chi connectivity index (χ1) is 20.6. The highest BCUT2D eigenvalue weighted by molar-refractivity contribution is 7.95. The first-order valence-corrected chi connectivity index (χ1v) is 15.7. The third-order valence-corrected chi connectivity index (χ3v) is 6.45. The summed E-state index contributed by atoms with van der Waals surface area (Å²) in [5.41, 5.74) is -1.13.